The molecule has 0 unspecified atom stereocenters. The number of benzene rings is 1. The second-order valence-electron chi connectivity index (χ2n) is 5.75. The largest absolute Gasteiger partial charge is 0.478 e. The molecule has 2 aromatic rings. The van der Waals surface area contributed by atoms with Gasteiger partial charge in [-0.3, -0.25) is 14.7 Å². The number of hydrogen-bond acceptors (Lipinski definition) is 5. The van der Waals surface area contributed by atoms with Crippen LogP contribution in [0.15, 0.2) is 47.5 Å². The van der Waals surface area contributed by atoms with Crippen molar-refractivity contribution in [3.8, 4) is 0 Å². The number of aromatic carboxylic acids is 1. The second kappa shape index (κ2) is 7.72. The molecule has 144 valence electrons. The van der Waals surface area contributed by atoms with E-state index in [1.54, 1.807) is 12.1 Å². The van der Waals surface area contributed by atoms with Crippen molar-refractivity contribution in [2.24, 2.45) is 0 Å². The van der Waals surface area contributed by atoms with E-state index in [-0.39, 0.29) is 16.4 Å². The van der Waals surface area contributed by atoms with Gasteiger partial charge in [0.15, 0.2) is 0 Å². The quantitative estimate of drug-likeness (QED) is 0.586. The van der Waals surface area contributed by atoms with Crippen molar-refractivity contribution in [2.45, 2.75) is 12.7 Å². The Hall–Kier alpha value is -2.72. The minimum Gasteiger partial charge on any atom is -0.478 e. The molecule has 0 saturated carbocycles. The van der Waals surface area contributed by atoms with Gasteiger partial charge in [-0.2, -0.15) is 13.2 Å². The van der Waals surface area contributed by atoms with Crippen LogP contribution in [0, 0.1) is 0 Å². The summed E-state index contributed by atoms with van der Waals surface area (Å²) in [5.74, 6) is -1.49. The molecule has 1 aliphatic heterocycles. The van der Waals surface area contributed by atoms with Crippen molar-refractivity contribution in [1.29, 1.82) is 0 Å². The third-order valence-corrected chi connectivity index (χ3v) is 5.14. The minimum atomic E-state index is -4.53. The molecule has 0 atom stereocenters. The smallest absolute Gasteiger partial charge is 0.433 e. The van der Waals surface area contributed by atoms with Crippen LogP contribution < -0.4 is 0 Å². The first-order valence-corrected chi connectivity index (χ1v) is 8.98. The molecule has 0 radical (unpaired) electrons. The molecule has 5 nitrogen and oxygen atoms in total. The van der Waals surface area contributed by atoms with Gasteiger partial charge in [-0.15, -0.1) is 0 Å². The van der Waals surface area contributed by atoms with Crippen molar-refractivity contribution in [2.75, 3.05) is 0 Å². The highest BCUT2D eigenvalue weighted by atomic mass is 32.2. The number of thiocarbonyl (C=S) groups is 1. The summed E-state index contributed by atoms with van der Waals surface area (Å²) in [6.07, 6.45) is -1.95. The predicted molar refractivity (Wildman–Crippen MR) is 101 cm³/mol. The van der Waals surface area contributed by atoms with Crippen molar-refractivity contribution in [3.63, 3.8) is 0 Å². The van der Waals surface area contributed by atoms with E-state index in [0.717, 1.165) is 24.0 Å². The molecule has 1 amide bonds. The fourth-order valence-electron chi connectivity index (χ4n) is 2.42. The summed E-state index contributed by atoms with van der Waals surface area (Å²) in [7, 11) is 0. The molecule has 0 spiro atoms. The van der Waals surface area contributed by atoms with E-state index in [1.165, 1.54) is 29.2 Å². The molecule has 28 heavy (non-hydrogen) atoms. The Kier molecular flexibility index (Phi) is 5.52. The summed E-state index contributed by atoms with van der Waals surface area (Å²) in [4.78, 5) is 28.6. The normalized spacial score (nSPS) is 16.1. The zero-order chi connectivity index (χ0) is 20.5. The molecule has 3 rings (SSSR count). The number of aromatic nitrogens is 1. The molecule has 1 saturated heterocycles. The molecule has 1 fully saturated rings. The molecule has 1 aliphatic rings. The Bertz CT molecular complexity index is 988. The Balaban J connectivity index is 1.78. The maximum absolute atomic E-state index is 12.6. The monoisotopic (exact) mass is 424 g/mol. The molecular formula is C18H11F3N2O3S2. The first-order valence-electron chi connectivity index (χ1n) is 7.76. The summed E-state index contributed by atoms with van der Waals surface area (Å²) in [5.41, 5.74) is -0.00470. The Morgan fingerprint density at radius 1 is 1.29 bits per heavy atom. The van der Waals surface area contributed by atoms with Crippen molar-refractivity contribution in [1.82, 2.24) is 9.88 Å². The molecule has 0 bridgehead atoms. The van der Waals surface area contributed by atoms with Crippen LogP contribution in [0.4, 0.5) is 13.2 Å². The highest BCUT2D eigenvalue weighted by molar-refractivity contribution is 8.26. The maximum Gasteiger partial charge on any atom is 0.433 e. The van der Waals surface area contributed by atoms with Crippen molar-refractivity contribution < 1.29 is 27.9 Å². The Morgan fingerprint density at radius 2 is 2.04 bits per heavy atom. The fourth-order valence-corrected chi connectivity index (χ4v) is 3.67. The zero-order valence-corrected chi connectivity index (χ0v) is 15.6. The number of carbonyl (C=O) groups excluding carboxylic acids is 1. The summed E-state index contributed by atoms with van der Waals surface area (Å²) in [5, 5.41) is 9.04. The highest BCUT2D eigenvalue weighted by Crippen LogP contribution is 2.34. The molecular weight excluding hydrogens is 413 g/mol. The summed E-state index contributed by atoms with van der Waals surface area (Å²) >= 11 is 6.23. The van der Waals surface area contributed by atoms with Crippen LogP contribution in [0.3, 0.4) is 0 Å². The van der Waals surface area contributed by atoms with E-state index in [9.17, 15) is 22.8 Å². The average Bonchev–Trinajstić information content (AvgIpc) is 2.89. The van der Waals surface area contributed by atoms with E-state index < -0.39 is 23.7 Å². The number of carboxylic acids is 1. The van der Waals surface area contributed by atoms with Crippen LogP contribution in [0.5, 0.6) is 0 Å². The predicted octanol–water partition coefficient (Wildman–Crippen LogP) is 4.20. The summed E-state index contributed by atoms with van der Waals surface area (Å²) in [6.45, 7) is -0.0116. The van der Waals surface area contributed by atoms with Gasteiger partial charge >= 0.3 is 12.1 Å². The van der Waals surface area contributed by atoms with Gasteiger partial charge in [-0.05, 0) is 35.4 Å². The standard InChI is InChI=1S/C18H11F3N2O3S2/c19-18(20,21)14-5-4-11(8-22-14)9-23-15(24)13(28-17(23)27)7-10-2-1-3-12(6-10)16(25)26/h1-8H,9H2,(H,25,26)/b13-7-. The summed E-state index contributed by atoms with van der Waals surface area (Å²) in [6, 6.07) is 8.16. The van der Waals surface area contributed by atoms with E-state index >= 15 is 0 Å². The lowest BCUT2D eigenvalue weighted by Crippen LogP contribution is -2.27. The van der Waals surface area contributed by atoms with Gasteiger partial charge in [0.25, 0.3) is 5.91 Å². The molecule has 1 aromatic heterocycles. The number of thioether (sulfide) groups is 1. The average molecular weight is 424 g/mol. The van der Waals surface area contributed by atoms with E-state index in [2.05, 4.69) is 4.98 Å². The van der Waals surface area contributed by atoms with E-state index in [4.69, 9.17) is 17.3 Å². The van der Waals surface area contributed by atoms with Crippen LogP contribution in [-0.2, 0) is 17.5 Å². The van der Waals surface area contributed by atoms with Crippen LogP contribution in [0.1, 0.15) is 27.2 Å². The van der Waals surface area contributed by atoms with Crippen molar-refractivity contribution >= 4 is 46.3 Å². The second-order valence-corrected chi connectivity index (χ2v) is 7.42. The van der Waals surface area contributed by atoms with Gasteiger partial charge in [0.1, 0.15) is 10.0 Å². The number of hydrogen-bond donors (Lipinski definition) is 1. The first kappa shape index (κ1) is 20.0. The fraction of sp³-hybridized carbons (Fsp3) is 0.111. The Morgan fingerprint density at radius 3 is 2.64 bits per heavy atom. The van der Waals surface area contributed by atoms with Crippen molar-refractivity contribution in [3.05, 3.63) is 69.9 Å². The van der Waals surface area contributed by atoms with Gasteiger partial charge in [0.2, 0.25) is 0 Å². The van der Waals surface area contributed by atoms with E-state index in [0.29, 0.717) is 16.0 Å². The van der Waals surface area contributed by atoms with Crippen LogP contribution in [0.2, 0.25) is 0 Å². The van der Waals surface area contributed by atoms with Gasteiger partial charge in [-0.25, -0.2) is 4.79 Å². The van der Waals surface area contributed by atoms with Gasteiger partial charge in [0.05, 0.1) is 17.0 Å². The number of carbonyl (C=O) groups is 2. The molecule has 2 heterocycles. The molecule has 1 N–H and O–H groups in total. The number of amides is 1. The number of alkyl halides is 3. The third-order valence-electron chi connectivity index (χ3n) is 3.76. The number of rotatable bonds is 4. The van der Waals surface area contributed by atoms with Gasteiger partial charge in [-0.1, -0.05) is 42.2 Å². The highest BCUT2D eigenvalue weighted by Gasteiger charge is 2.34. The summed E-state index contributed by atoms with van der Waals surface area (Å²) < 4.78 is 38.0. The minimum absolute atomic E-state index is 0.0116. The van der Waals surface area contributed by atoms with Gasteiger partial charge < -0.3 is 5.11 Å². The maximum atomic E-state index is 12.6. The zero-order valence-electron chi connectivity index (χ0n) is 13.9. The van der Waals surface area contributed by atoms with Gasteiger partial charge in [0, 0.05) is 6.20 Å². The third kappa shape index (κ3) is 4.39. The Labute approximate surface area is 166 Å². The number of carboxylic acid groups (broad SMARTS) is 1. The van der Waals surface area contributed by atoms with Crippen LogP contribution in [-0.4, -0.2) is 31.2 Å². The number of halogens is 3. The number of nitrogens with zero attached hydrogens (tertiary/aromatic N) is 2. The van der Waals surface area contributed by atoms with Crippen LogP contribution >= 0.6 is 24.0 Å². The first-order chi connectivity index (χ1) is 13.1. The number of pyridine rings is 1. The lowest BCUT2D eigenvalue weighted by molar-refractivity contribution is -0.141. The van der Waals surface area contributed by atoms with Crippen LogP contribution in [0.25, 0.3) is 6.08 Å². The molecule has 1 aromatic carbocycles. The SMILES string of the molecule is O=C(O)c1cccc(/C=C2\SC(=S)N(Cc3ccc(C(F)(F)F)nc3)C2=O)c1. The van der Waals surface area contributed by atoms with E-state index in [1.807, 2.05) is 0 Å². The molecule has 0 aliphatic carbocycles. The molecule has 10 heteroatoms. The topological polar surface area (TPSA) is 70.5 Å². The lowest BCUT2D eigenvalue weighted by Gasteiger charge is -2.14. The lowest BCUT2D eigenvalue weighted by atomic mass is 10.1.